The average molecular weight is 528 g/mol. The molecule has 1 atom stereocenters. The van der Waals surface area contributed by atoms with E-state index in [-0.39, 0.29) is 29.1 Å². The molecule has 3 aromatic rings. The molecule has 0 aliphatic carbocycles. The second-order valence-electron chi connectivity index (χ2n) is 8.71. The van der Waals surface area contributed by atoms with Gasteiger partial charge in [-0.2, -0.15) is 13.2 Å². The number of nitrogens with two attached hydrogens (primary N) is 1. The lowest BCUT2D eigenvalue weighted by molar-refractivity contribution is -0.137. The first-order valence-electron chi connectivity index (χ1n) is 11.9. The highest BCUT2D eigenvalue weighted by molar-refractivity contribution is 6.05. The van der Waals surface area contributed by atoms with E-state index in [1.54, 1.807) is 0 Å². The maximum Gasteiger partial charge on any atom is 0.416 e. The fraction of sp³-hybridized carbons (Fsp3) is 0.296. The Morgan fingerprint density at radius 3 is 2.61 bits per heavy atom. The van der Waals surface area contributed by atoms with Gasteiger partial charge >= 0.3 is 6.18 Å². The molecule has 3 N–H and O–H groups in total. The van der Waals surface area contributed by atoms with Gasteiger partial charge in [0.2, 0.25) is 5.95 Å². The summed E-state index contributed by atoms with van der Waals surface area (Å²) in [6, 6.07) is 6.50. The zero-order chi connectivity index (χ0) is 27.3. The third-order valence-corrected chi connectivity index (χ3v) is 5.99. The molecule has 1 saturated heterocycles. The number of piperidine rings is 1. The highest BCUT2D eigenvalue weighted by Gasteiger charge is 2.32. The van der Waals surface area contributed by atoms with Gasteiger partial charge < -0.3 is 15.8 Å². The molecule has 198 valence electrons. The van der Waals surface area contributed by atoms with E-state index >= 15 is 0 Å². The topological polar surface area (TPSA) is 93.4 Å². The van der Waals surface area contributed by atoms with Crippen LogP contribution in [0.2, 0.25) is 0 Å². The summed E-state index contributed by atoms with van der Waals surface area (Å²) < 4.78 is 60.9. The van der Waals surface area contributed by atoms with Gasteiger partial charge in [-0.05, 0) is 62.3 Å². The monoisotopic (exact) mass is 527 g/mol. The van der Waals surface area contributed by atoms with Crippen LogP contribution in [0.25, 0.3) is 0 Å². The number of nitrogens with zero attached hydrogens (tertiary/aromatic N) is 3. The highest BCUT2D eigenvalue weighted by Crippen LogP contribution is 2.36. The van der Waals surface area contributed by atoms with Crippen LogP contribution in [0, 0.1) is 17.7 Å². The van der Waals surface area contributed by atoms with Crippen molar-refractivity contribution in [2.75, 3.05) is 30.7 Å². The van der Waals surface area contributed by atoms with E-state index in [0.717, 1.165) is 44.1 Å². The van der Waals surface area contributed by atoms with Gasteiger partial charge in [-0.25, -0.2) is 14.4 Å². The van der Waals surface area contributed by atoms with E-state index in [1.807, 2.05) is 6.92 Å². The Kier molecular flexibility index (Phi) is 8.12. The standard InChI is InChI=1S/C27H25F4N5O2/c1-2-36-11-3-4-20(16-36)38-24-10-8-19(27(29,30)31)13-23(24)35-25(37)21-12-17(7-9-22(21)28)5-6-18-14-33-26(32)34-15-18/h7-10,12-15,20H,2-4,11,16H2,1H3,(H,35,37)(H2,32,33,34)/t20-/m0/s1. The Hall–Kier alpha value is -4.17. The minimum atomic E-state index is -4.64. The first-order valence-corrected chi connectivity index (χ1v) is 11.9. The Bertz CT molecular complexity index is 1370. The lowest BCUT2D eigenvalue weighted by atomic mass is 10.1. The Morgan fingerprint density at radius 1 is 1.16 bits per heavy atom. The fourth-order valence-electron chi connectivity index (χ4n) is 4.00. The largest absolute Gasteiger partial charge is 0.487 e. The number of hydrogen-bond donors (Lipinski definition) is 2. The SMILES string of the molecule is CCN1CCC[C@H](Oc2ccc(C(F)(F)F)cc2NC(=O)c2cc(C#Cc3cnc(N)nc3)ccc2F)C1. The Labute approximate surface area is 217 Å². The van der Waals surface area contributed by atoms with Crippen molar-refractivity contribution < 1.29 is 27.1 Å². The molecule has 11 heteroatoms. The molecule has 1 aromatic heterocycles. The van der Waals surface area contributed by atoms with Gasteiger partial charge in [-0.3, -0.25) is 9.69 Å². The van der Waals surface area contributed by atoms with E-state index in [1.165, 1.54) is 30.6 Å². The molecule has 2 heterocycles. The van der Waals surface area contributed by atoms with Crippen molar-refractivity contribution in [1.29, 1.82) is 0 Å². The molecule has 1 fully saturated rings. The summed E-state index contributed by atoms with van der Waals surface area (Å²) in [4.78, 5) is 22.9. The van der Waals surface area contributed by atoms with E-state index in [2.05, 4.69) is 32.0 Å². The number of amides is 1. The predicted octanol–water partition coefficient (Wildman–Crippen LogP) is 4.73. The number of anilines is 2. The summed E-state index contributed by atoms with van der Waals surface area (Å²) in [5.74, 6) is 3.92. The summed E-state index contributed by atoms with van der Waals surface area (Å²) in [6.45, 7) is 4.36. The number of carbonyl (C=O) groups is 1. The van der Waals surface area contributed by atoms with Crippen LogP contribution in [0.5, 0.6) is 5.75 Å². The number of nitrogens with one attached hydrogen (secondary N) is 1. The number of likely N-dealkylation sites (tertiary alicyclic amines) is 1. The molecule has 0 bridgehead atoms. The Morgan fingerprint density at radius 2 is 1.89 bits per heavy atom. The van der Waals surface area contributed by atoms with Crippen LogP contribution < -0.4 is 15.8 Å². The van der Waals surface area contributed by atoms with Gasteiger partial charge in [0.25, 0.3) is 5.91 Å². The van der Waals surface area contributed by atoms with Crippen molar-refractivity contribution in [2.45, 2.75) is 32.0 Å². The lowest BCUT2D eigenvalue weighted by Crippen LogP contribution is -2.41. The molecular formula is C27H25F4N5O2. The van der Waals surface area contributed by atoms with E-state index in [4.69, 9.17) is 10.5 Å². The lowest BCUT2D eigenvalue weighted by Gasteiger charge is -2.32. The summed E-state index contributed by atoms with van der Waals surface area (Å²) >= 11 is 0. The number of rotatable bonds is 5. The number of alkyl halides is 3. The average Bonchev–Trinajstić information content (AvgIpc) is 2.89. The van der Waals surface area contributed by atoms with Gasteiger partial charge in [0.1, 0.15) is 17.7 Å². The molecule has 0 radical (unpaired) electrons. The quantitative estimate of drug-likeness (QED) is 0.368. The molecule has 0 unspecified atom stereocenters. The van der Waals surface area contributed by atoms with Crippen molar-refractivity contribution in [2.24, 2.45) is 0 Å². The van der Waals surface area contributed by atoms with Crippen LogP contribution >= 0.6 is 0 Å². The van der Waals surface area contributed by atoms with Gasteiger partial charge in [0.05, 0.1) is 22.4 Å². The molecule has 1 amide bonds. The Balaban J connectivity index is 1.60. The number of halogens is 4. The predicted molar refractivity (Wildman–Crippen MR) is 134 cm³/mol. The molecule has 0 saturated carbocycles. The normalized spacial score (nSPS) is 15.9. The third kappa shape index (κ3) is 6.77. The molecular weight excluding hydrogens is 502 g/mol. The van der Waals surface area contributed by atoms with Crippen molar-refractivity contribution in [3.63, 3.8) is 0 Å². The van der Waals surface area contributed by atoms with Gasteiger partial charge in [0.15, 0.2) is 0 Å². The summed E-state index contributed by atoms with van der Waals surface area (Å²) in [5.41, 5.74) is 4.64. The molecule has 1 aliphatic heterocycles. The number of aromatic nitrogens is 2. The van der Waals surface area contributed by atoms with Crippen molar-refractivity contribution >= 4 is 17.5 Å². The van der Waals surface area contributed by atoms with Gasteiger partial charge in [-0.15, -0.1) is 0 Å². The zero-order valence-electron chi connectivity index (χ0n) is 20.5. The number of likely N-dealkylation sites (N-methyl/N-ethyl adjacent to an activating group) is 1. The second kappa shape index (κ2) is 11.5. The molecule has 0 spiro atoms. The number of benzene rings is 2. The van der Waals surface area contributed by atoms with Crippen molar-refractivity contribution in [1.82, 2.24) is 14.9 Å². The first kappa shape index (κ1) is 26.9. The minimum absolute atomic E-state index is 0.0778. The summed E-state index contributed by atoms with van der Waals surface area (Å²) in [7, 11) is 0. The smallest absolute Gasteiger partial charge is 0.416 e. The number of ether oxygens (including phenoxy) is 1. The van der Waals surface area contributed by atoms with Gasteiger partial charge in [0, 0.05) is 24.5 Å². The molecule has 1 aliphatic rings. The fourth-order valence-corrected chi connectivity index (χ4v) is 4.00. The summed E-state index contributed by atoms with van der Waals surface area (Å²) in [5, 5.41) is 2.40. The van der Waals surface area contributed by atoms with Crippen LogP contribution in [0.3, 0.4) is 0 Å². The zero-order valence-corrected chi connectivity index (χ0v) is 20.5. The van der Waals surface area contributed by atoms with Crippen molar-refractivity contribution in [3.8, 4) is 17.6 Å². The molecule has 7 nitrogen and oxygen atoms in total. The van der Waals surface area contributed by atoms with Crippen LogP contribution in [-0.4, -0.2) is 46.5 Å². The van der Waals surface area contributed by atoms with E-state index in [9.17, 15) is 22.4 Å². The number of carbonyl (C=O) groups excluding carboxylic acids is 1. The molecule has 2 aromatic carbocycles. The number of nitrogen functional groups attached to an aromatic ring is 1. The van der Waals surface area contributed by atoms with Crippen LogP contribution in [0.1, 0.15) is 46.8 Å². The maximum atomic E-state index is 14.6. The van der Waals surface area contributed by atoms with Crippen LogP contribution in [0.15, 0.2) is 48.8 Å². The van der Waals surface area contributed by atoms with E-state index in [0.29, 0.717) is 17.7 Å². The van der Waals surface area contributed by atoms with Crippen LogP contribution in [0.4, 0.5) is 29.2 Å². The van der Waals surface area contributed by atoms with Gasteiger partial charge in [-0.1, -0.05) is 18.8 Å². The minimum Gasteiger partial charge on any atom is -0.487 e. The second-order valence-corrected chi connectivity index (χ2v) is 8.71. The van der Waals surface area contributed by atoms with E-state index < -0.39 is 23.5 Å². The molecule has 38 heavy (non-hydrogen) atoms. The first-order chi connectivity index (χ1) is 18.1. The highest BCUT2D eigenvalue weighted by atomic mass is 19.4. The number of hydrogen-bond acceptors (Lipinski definition) is 6. The maximum absolute atomic E-state index is 14.6. The third-order valence-electron chi connectivity index (χ3n) is 5.99. The van der Waals surface area contributed by atoms with Crippen molar-refractivity contribution in [3.05, 3.63) is 76.9 Å². The molecule has 4 rings (SSSR count). The summed E-state index contributed by atoms with van der Waals surface area (Å²) in [6.07, 6.45) is -0.485. The van der Waals surface area contributed by atoms with Crippen LogP contribution in [-0.2, 0) is 6.18 Å².